The van der Waals surface area contributed by atoms with E-state index in [1.807, 2.05) is 0 Å². The molecule has 0 aliphatic carbocycles. The molecule has 1 rings (SSSR count). The average Bonchev–Trinajstić information content (AvgIpc) is 2.80. The first kappa shape index (κ1) is 15.7. The summed E-state index contributed by atoms with van der Waals surface area (Å²) in [5.74, 6) is -0.410. The number of carbonyl (C=O) groups excluding carboxylic acids is 1. The van der Waals surface area contributed by atoms with Crippen LogP contribution < -0.4 is 10.6 Å². The Morgan fingerprint density at radius 3 is 2.32 bits per heavy atom. The molecule has 1 heterocycles. The van der Waals surface area contributed by atoms with E-state index in [1.54, 1.807) is 20.3 Å². The van der Waals surface area contributed by atoms with E-state index in [4.69, 9.17) is 19.9 Å². The largest absolute Gasteiger partial charge is 0.465 e. The quantitative estimate of drug-likeness (QED) is 0.725. The predicted molar refractivity (Wildman–Crippen MR) is 76.0 cm³/mol. The van der Waals surface area contributed by atoms with Crippen molar-refractivity contribution in [3.05, 3.63) is 10.9 Å². The second-order valence-electron chi connectivity index (χ2n) is 3.83. The maximum absolute atomic E-state index is 11.5. The summed E-state index contributed by atoms with van der Waals surface area (Å²) in [4.78, 5) is 14.0. The van der Waals surface area contributed by atoms with Crippen LogP contribution in [0, 0.1) is 0 Å². The molecular formula is C12H20N2O4S. The molecule has 0 amide bonds. The van der Waals surface area contributed by atoms with Crippen LogP contribution in [0.5, 0.6) is 0 Å². The first-order chi connectivity index (χ1) is 9.13. The van der Waals surface area contributed by atoms with E-state index in [1.165, 1.54) is 18.4 Å². The predicted octanol–water partition coefficient (Wildman–Crippen LogP) is 1.22. The normalized spacial score (nSPS) is 10.5. The monoisotopic (exact) mass is 288 g/mol. The zero-order valence-corrected chi connectivity index (χ0v) is 12.3. The number of methoxy groups -OCH3 is 3. The summed E-state index contributed by atoms with van der Waals surface area (Å²) in [6, 6.07) is 1.78. The lowest BCUT2D eigenvalue weighted by atomic mass is 10.4. The number of nitrogen functional groups attached to an aromatic ring is 1. The summed E-state index contributed by atoms with van der Waals surface area (Å²) in [6.07, 6.45) is 0. The molecule has 2 N–H and O–H groups in total. The minimum Gasteiger partial charge on any atom is -0.465 e. The molecule has 0 aromatic carbocycles. The van der Waals surface area contributed by atoms with Gasteiger partial charge in [0.15, 0.2) is 0 Å². The van der Waals surface area contributed by atoms with Crippen molar-refractivity contribution in [1.82, 2.24) is 0 Å². The number of hydrogen-bond donors (Lipinski definition) is 1. The maximum atomic E-state index is 11.5. The first-order valence-electron chi connectivity index (χ1n) is 5.84. The van der Waals surface area contributed by atoms with Gasteiger partial charge in [-0.15, -0.1) is 11.3 Å². The van der Waals surface area contributed by atoms with Crippen LogP contribution in [0.4, 0.5) is 10.7 Å². The van der Waals surface area contributed by atoms with Crippen molar-refractivity contribution < 1.29 is 19.0 Å². The Morgan fingerprint density at radius 1 is 1.26 bits per heavy atom. The Kier molecular flexibility index (Phi) is 6.61. The van der Waals surface area contributed by atoms with Gasteiger partial charge in [-0.3, -0.25) is 0 Å². The van der Waals surface area contributed by atoms with Gasteiger partial charge in [-0.25, -0.2) is 4.79 Å². The van der Waals surface area contributed by atoms with Crippen molar-refractivity contribution in [3.8, 4) is 0 Å². The number of thiophene rings is 1. The van der Waals surface area contributed by atoms with Gasteiger partial charge in [-0.05, 0) is 6.07 Å². The number of esters is 1. The highest BCUT2D eigenvalue weighted by molar-refractivity contribution is 7.18. The lowest BCUT2D eigenvalue weighted by Crippen LogP contribution is -2.29. The van der Waals surface area contributed by atoms with Crippen LogP contribution >= 0.6 is 11.3 Å². The SMILES string of the molecule is COCCN(CCOC)c1cc(N)c(C(=O)OC)s1. The van der Waals surface area contributed by atoms with Gasteiger partial charge in [0.25, 0.3) is 0 Å². The van der Waals surface area contributed by atoms with Crippen molar-refractivity contribution >= 4 is 28.0 Å². The van der Waals surface area contributed by atoms with E-state index in [9.17, 15) is 4.79 Å². The van der Waals surface area contributed by atoms with Crippen LogP contribution in [0.3, 0.4) is 0 Å². The van der Waals surface area contributed by atoms with Crippen LogP contribution in [-0.4, -0.2) is 53.6 Å². The number of anilines is 2. The molecule has 0 aliphatic heterocycles. The smallest absolute Gasteiger partial charge is 0.350 e. The molecule has 0 spiro atoms. The lowest BCUT2D eigenvalue weighted by molar-refractivity contribution is 0.0607. The molecule has 0 radical (unpaired) electrons. The van der Waals surface area contributed by atoms with E-state index in [2.05, 4.69) is 4.90 Å². The summed E-state index contributed by atoms with van der Waals surface area (Å²) in [6.45, 7) is 2.60. The third-order valence-corrected chi connectivity index (χ3v) is 3.75. The van der Waals surface area contributed by atoms with Crippen molar-refractivity contribution in [2.75, 3.05) is 58.3 Å². The van der Waals surface area contributed by atoms with Crippen LogP contribution in [0.25, 0.3) is 0 Å². The molecule has 0 unspecified atom stereocenters. The third kappa shape index (κ3) is 4.38. The Morgan fingerprint density at radius 2 is 1.84 bits per heavy atom. The fraction of sp³-hybridized carbons (Fsp3) is 0.583. The van der Waals surface area contributed by atoms with Gasteiger partial charge in [-0.1, -0.05) is 0 Å². The number of ether oxygens (including phenoxy) is 3. The molecule has 108 valence electrons. The molecule has 1 aromatic rings. The number of hydrogen-bond acceptors (Lipinski definition) is 7. The number of rotatable bonds is 8. The van der Waals surface area contributed by atoms with Crippen molar-refractivity contribution in [2.45, 2.75) is 0 Å². The second kappa shape index (κ2) is 7.98. The highest BCUT2D eigenvalue weighted by Gasteiger charge is 2.18. The summed E-state index contributed by atoms with van der Waals surface area (Å²) < 4.78 is 14.9. The summed E-state index contributed by atoms with van der Waals surface area (Å²) in [5, 5.41) is 0.909. The third-order valence-electron chi connectivity index (χ3n) is 2.56. The lowest BCUT2D eigenvalue weighted by Gasteiger charge is -2.22. The Balaban J connectivity index is 2.85. The van der Waals surface area contributed by atoms with Gasteiger partial charge < -0.3 is 24.8 Å². The zero-order valence-electron chi connectivity index (χ0n) is 11.5. The van der Waals surface area contributed by atoms with Crippen molar-refractivity contribution in [3.63, 3.8) is 0 Å². The van der Waals surface area contributed by atoms with Crippen LogP contribution in [0.2, 0.25) is 0 Å². The van der Waals surface area contributed by atoms with E-state index in [0.29, 0.717) is 36.9 Å². The molecule has 0 atom stereocenters. The van der Waals surface area contributed by atoms with Gasteiger partial charge in [0.05, 0.1) is 31.0 Å². The van der Waals surface area contributed by atoms with Gasteiger partial charge >= 0.3 is 5.97 Å². The first-order valence-corrected chi connectivity index (χ1v) is 6.66. The molecule has 0 aliphatic rings. The van der Waals surface area contributed by atoms with Crippen LogP contribution in [-0.2, 0) is 14.2 Å². The van der Waals surface area contributed by atoms with Gasteiger partial charge in [0.2, 0.25) is 0 Å². The molecule has 0 saturated carbocycles. The van der Waals surface area contributed by atoms with E-state index >= 15 is 0 Å². The minimum absolute atomic E-state index is 0.410. The van der Waals surface area contributed by atoms with E-state index < -0.39 is 5.97 Å². The second-order valence-corrected chi connectivity index (χ2v) is 4.86. The zero-order chi connectivity index (χ0) is 14.3. The average molecular weight is 288 g/mol. The topological polar surface area (TPSA) is 74.0 Å². The molecule has 6 nitrogen and oxygen atoms in total. The number of nitrogens with two attached hydrogens (primary N) is 1. The highest BCUT2D eigenvalue weighted by atomic mass is 32.1. The van der Waals surface area contributed by atoms with Gasteiger partial charge in [-0.2, -0.15) is 0 Å². The molecular weight excluding hydrogens is 268 g/mol. The van der Waals surface area contributed by atoms with Gasteiger partial charge in [0, 0.05) is 27.3 Å². The maximum Gasteiger partial charge on any atom is 0.350 e. The molecule has 0 fully saturated rings. The van der Waals surface area contributed by atoms with Crippen molar-refractivity contribution in [2.24, 2.45) is 0 Å². The fourth-order valence-electron chi connectivity index (χ4n) is 1.53. The molecule has 1 aromatic heterocycles. The molecule has 0 bridgehead atoms. The summed E-state index contributed by atoms with van der Waals surface area (Å²) in [5.41, 5.74) is 6.27. The molecule has 7 heteroatoms. The molecule has 19 heavy (non-hydrogen) atoms. The number of carbonyl (C=O) groups is 1. The Hall–Kier alpha value is -1.31. The number of nitrogens with zero attached hydrogens (tertiary/aromatic N) is 1. The van der Waals surface area contributed by atoms with E-state index in [0.717, 1.165) is 5.00 Å². The van der Waals surface area contributed by atoms with Crippen molar-refractivity contribution in [1.29, 1.82) is 0 Å². The van der Waals surface area contributed by atoms with Crippen LogP contribution in [0.1, 0.15) is 9.67 Å². The highest BCUT2D eigenvalue weighted by Crippen LogP contribution is 2.32. The minimum atomic E-state index is -0.410. The van der Waals surface area contributed by atoms with Crippen LogP contribution in [0.15, 0.2) is 6.07 Å². The Labute approximate surface area is 117 Å². The fourth-order valence-corrected chi connectivity index (χ4v) is 2.58. The van der Waals surface area contributed by atoms with Gasteiger partial charge in [0.1, 0.15) is 4.88 Å². The molecule has 0 saturated heterocycles. The standard InChI is InChI=1S/C12H20N2O4S/c1-16-6-4-14(5-7-17-2)10-8-9(13)11(19-10)12(15)18-3/h8H,4-7,13H2,1-3H3. The summed E-state index contributed by atoms with van der Waals surface area (Å²) >= 11 is 1.32. The summed E-state index contributed by atoms with van der Waals surface area (Å²) in [7, 11) is 4.64. The van der Waals surface area contributed by atoms with E-state index in [-0.39, 0.29) is 0 Å². The Bertz CT molecular complexity index is 400.